The number of carbonyl (C=O) groups excluding carboxylic acids is 1. The number of amides is 1. The summed E-state index contributed by atoms with van der Waals surface area (Å²) in [6.45, 7) is 11.9. The Morgan fingerprint density at radius 2 is 1.84 bits per heavy atom. The van der Waals surface area contributed by atoms with Crippen LogP contribution in [0, 0.1) is 18.8 Å². The van der Waals surface area contributed by atoms with Crippen molar-refractivity contribution in [3.05, 3.63) is 41.2 Å². The minimum Gasteiger partial charge on any atom is -0.351 e. The Labute approximate surface area is 187 Å². The quantitative estimate of drug-likeness (QED) is 0.688. The van der Waals surface area contributed by atoms with Gasteiger partial charge >= 0.3 is 0 Å². The Hall–Kier alpha value is -2.14. The summed E-state index contributed by atoms with van der Waals surface area (Å²) in [6.07, 6.45) is 6.75. The van der Waals surface area contributed by atoms with Crippen LogP contribution in [0.1, 0.15) is 67.7 Å². The van der Waals surface area contributed by atoms with E-state index >= 15 is 0 Å². The molecule has 4 rings (SSSR count). The largest absolute Gasteiger partial charge is 0.351 e. The summed E-state index contributed by atoms with van der Waals surface area (Å²) >= 11 is 0. The van der Waals surface area contributed by atoms with Crippen molar-refractivity contribution in [2.45, 2.75) is 65.8 Å². The molecule has 5 nitrogen and oxygen atoms in total. The lowest BCUT2D eigenvalue weighted by Crippen LogP contribution is -2.40. The number of nitrogens with zero attached hydrogens (tertiary/aromatic N) is 3. The molecule has 0 spiro atoms. The number of piperidine rings is 1. The molecule has 3 heterocycles. The van der Waals surface area contributed by atoms with E-state index in [1.165, 1.54) is 31.5 Å². The van der Waals surface area contributed by atoms with E-state index in [1.807, 2.05) is 0 Å². The lowest BCUT2D eigenvalue weighted by Gasteiger charge is -2.34. The lowest BCUT2D eigenvalue weighted by atomic mass is 9.92. The van der Waals surface area contributed by atoms with Gasteiger partial charge in [0.25, 0.3) is 5.91 Å². The van der Waals surface area contributed by atoms with E-state index in [-0.39, 0.29) is 5.91 Å². The van der Waals surface area contributed by atoms with Gasteiger partial charge in [-0.3, -0.25) is 4.79 Å². The summed E-state index contributed by atoms with van der Waals surface area (Å²) in [7, 11) is 0. The van der Waals surface area contributed by atoms with E-state index in [0.29, 0.717) is 12.2 Å². The van der Waals surface area contributed by atoms with Gasteiger partial charge in [-0.1, -0.05) is 50.1 Å². The molecule has 1 fully saturated rings. The van der Waals surface area contributed by atoms with Crippen molar-refractivity contribution in [3.63, 3.8) is 0 Å². The van der Waals surface area contributed by atoms with Crippen LogP contribution in [-0.4, -0.2) is 46.5 Å². The third-order valence-corrected chi connectivity index (χ3v) is 6.77. The molecule has 31 heavy (non-hydrogen) atoms. The predicted octanol–water partition coefficient (Wildman–Crippen LogP) is 4.68. The van der Waals surface area contributed by atoms with Gasteiger partial charge in [0.15, 0.2) is 0 Å². The van der Waals surface area contributed by atoms with E-state index in [0.717, 1.165) is 67.7 Å². The second kappa shape index (κ2) is 9.99. The first kappa shape index (κ1) is 22.1. The fraction of sp³-hybridized carbons (Fsp3) is 0.615. The number of likely N-dealkylation sites (tertiary alicyclic amines) is 1. The van der Waals surface area contributed by atoms with Gasteiger partial charge < -0.3 is 14.8 Å². The number of aryl methyl sites for hydroxylation is 1. The molecule has 2 aliphatic rings. The molecule has 2 aromatic rings. The van der Waals surface area contributed by atoms with Gasteiger partial charge in [-0.2, -0.15) is 0 Å². The van der Waals surface area contributed by atoms with Crippen molar-refractivity contribution in [2.24, 2.45) is 11.8 Å². The third kappa shape index (κ3) is 5.38. The third-order valence-electron chi connectivity index (χ3n) is 6.77. The van der Waals surface area contributed by atoms with Crippen molar-refractivity contribution >= 4 is 5.91 Å². The summed E-state index contributed by atoms with van der Waals surface area (Å²) in [5, 5.41) is 3.16. The van der Waals surface area contributed by atoms with Crippen LogP contribution in [0.3, 0.4) is 0 Å². The SMILES string of the molecule is Cc1ccc(-c2nc(C(=O)NCCCN3C[C@H](C)C[C@@H](C)C3)c3n2CCCCC3)cc1. The molecule has 1 saturated heterocycles. The van der Waals surface area contributed by atoms with Crippen LogP contribution in [0.5, 0.6) is 0 Å². The standard InChI is InChI=1S/C26H38N4O/c1-19-9-11-22(12-10-19)25-28-24(23-8-5-4-6-15-30(23)25)26(31)27-13-7-14-29-17-20(2)16-21(3)18-29/h9-12,20-21H,4-8,13-18H2,1-3H3,(H,27,31)/t20-,21-/m1/s1. The minimum atomic E-state index is -0.00982. The summed E-state index contributed by atoms with van der Waals surface area (Å²) in [5.41, 5.74) is 4.09. The second-order valence-corrected chi connectivity index (χ2v) is 9.87. The average molecular weight is 423 g/mol. The van der Waals surface area contributed by atoms with Crippen molar-refractivity contribution in [1.29, 1.82) is 0 Å². The zero-order valence-corrected chi connectivity index (χ0v) is 19.5. The molecule has 1 N–H and O–H groups in total. The van der Waals surface area contributed by atoms with Crippen LogP contribution in [0.25, 0.3) is 11.4 Å². The highest BCUT2D eigenvalue weighted by Gasteiger charge is 2.24. The predicted molar refractivity (Wildman–Crippen MR) is 126 cm³/mol. The van der Waals surface area contributed by atoms with Crippen LogP contribution in [0.4, 0.5) is 0 Å². The molecule has 0 bridgehead atoms. The van der Waals surface area contributed by atoms with E-state index in [1.54, 1.807) is 0 Å². The van der Waals surface area contributed by atoms with Gasteiger partial charge in [0.05, 0.1) is 5.69 Å². The lowest BCUT2D eigenvalue weighted by molar-refractivity contribution is 0.0941. The number of hydrogen-bond donors (Lipinski definition) is 1. The maximum atomic E-state index is 13.1. The van der Waals surface area contributed by atoms with Crippen LogP contribution >= 0.6 is 0 Å². The summed E-state index contributed by atoms with van der Waals surface area (Å²) < 4.78 is 2.29. The molecule has 1 aromatic heterocycles. The normalized spacial score (nSPS) is 22.0. The van der Waals surface area contributed by atoms with E-state index < -0.39 is 0 Å². The first-order chi connectivity index (χ1) is 15.0. The zero-order chi connectivity index (χ0) is 21.8. The molecule has 2 aliphatic heterocycles. The number of benzene rings is 1. The van der Waals surface area contributed by atoms with Crippen molar-refractivity contribution in [1.82, 2.24) is 19.8 Å². The number of hydrogen-bond acceptors (Lipinski definition) is 3. The topological polar surface area (TPSA) is 50.2 Å². The summed E-state index contributed by atoms with van der Waals surface area (Å²) in [4.78, 5) is 20.5. The Kier molecular flexibility index (Phi) is 7.11. The molecule has 1 aromatic carbocycles. The van der Waals surface area contributed by atoms with Crippen LogP contribution < -0.4 is 5.32 Å². The number of fused-ring (bicyclic) bond motifs is 1. The van der Waals surface area contributed by atoms with Gasteiger partial charge in [0, 0.05) is 31.7 Å². The first-order valence-electron chi connectivity index (χ1n) is 12.2. The molecule has 5 heteroatoms. The van der Waals surface area contributed by atoms with Gasteiger partial charge in [0.2, 0.25) is 0 Å². The maximum absolute atomic E-state index is 13.1. The zero-order valence-electron chi connectivity index (χ0n) is 19.5. The number of aromatic nitrogens is 2. The highest BCUT2D eigenvalue weighted by Crippen LogP contribution is 2.27. The molecule has 0 radical (unpaired) electrons. The molecule has 168 valence electrons. The summed E-state index contributed by atoms with van der Waals surface area (Å²) in [5.74, 6) is 2.49. The summed E-state index contributed by atoms with van der Waals surface area (Å²) in [6, 6.07) is 8.49. The first-order valence-corrected chi connectivity index (χ1v) is 12.2. The monoisotopic (exact) mass is 422 g/mol. The van der Waals surface area contributed by atoms with Crippen LogP contribution in [0.15, 0.2) is 24.3 Å². The second-order valence-electron chi connectivity index (χ2n) is 9.87. The van der Waals surface area contributed by atoms with Gasteiger partial charge in [-0.05, 0) is 57.4 Å². The fourth-order valence-electron chi connectivity index (χ4n) is 5.39. The molecule has 2 atom stereocenters. The van der Waals surface area contributed by atoms with Gasteiger partial charge in [-0.15, -0.1) is 0 Å². The average Bonchev–Trinajstić information content (AvgIpc) is 2.92. The number of rotatable bonds is 6. The van der Waals surface area contributed by atoms with Crippen LogP contribution in [-0.2, 0) is 13.0 Å². The maximum Gasteiger partial charge on any atom is 0.271 e. The Balaban J connectivity index is 1.42. The van der Waals surface area contributed by atoms with Crippen molar-refractivity contribution in [2.75, 3.05) is 26.2 Å². The Morgan fingerprint density at radius 3 is 2.58 bits per heavy atom. The van der Waals surface area contributed by atoms with Gasteiger partial charge in [0.1, 0.15) is 11.5 Å². The fourth-order valence-corrected chi connectivity index (χ4v) is 5.39. The molecular weight excluding hydrogens is 384 g/mol. The minimum absolute atomic E-state index is 0.00982. The van der Waals surface area contributed by atoms with Gasteiger partial charge in [-0.25, -0.2) is 4.98 Å². The molecule has 0 aliphatic carbocycles. The van der Waals surface area contributed by atoms with Crippen molar-refractivity contribution in [3.8, 4) is 11.4 Å². The number of nitrogens with one attached hydrogen (secondary N) is 1. The van der Waals surface area contributed by atoms with E-state index in [2.05, 4.69) is 59.8 Å². The number of carbonyl (C=O) groups is 1. The van der Waals surface area contributed by atoms with Crippen LogP contribution in [0.2, 0.25) is 0 Å². The molecule has 0 unspecified atom stereocenters. The highest BCUT2D eigenvalue weighted by molar-refractivity contribution is 5.94. The highest BCUT2D eigenvalue weighted by atomic mass is 16.1. The van der Waals surface area contributed by atoms with E-state index in [9.17, 15) is 4.79 Å². The Morgan fingerprint density at radius 1 is 1.10 bits per heavy atom. The number of imidazole rings is 1. The molecular formula is C26H38N4O. The molecule has 1 amide bonds. The van der Waals surface area contributed by atoms with Crippen molar-refractivity contribution < 1.29 is 4.79 Å². The Bertz CT molecular complexity index is 876. The smallest absolute Gasteiger partial charge is 0.271 e. The van der Waals surface area contributed by atoms with E-state index in [4.69, 9.17) is 4.98 Å². The molecule has 0 saturated carbocycles.